The Morgan fingerprint density at radius 2 is 1.75 bits per heavy atom. The van der Waals surface area contributed by atoms with Gasteiger partial charge >= 0.3 is 0 Å². The Morgan fingerprint density at radius 1 is 1.12 bits per heavy atom. The third-order valence-electron chi connectivity index (χ3n) is 5.12. The van der Waals surface area contributed by atoms with E-state index >= 15 is 0 Å². The van der Waals surface area contributed by atoms with Crippen LogP contribution in [-0.2, 0) is 27.2 Å². The van der Waals surface area contributed by atoms with E-state index in [1.807, 2.05) is 19.9 Å². The average Bonchev–Trinajstić information content (AvgIpc) is 2.75. The number of halogens is 1. The maximum Gasteiger partial charge on any atom is 0.240 e. The SMILES string of the molecule is CC(C)c1cc(CC(C=O)NC(=O)CN(C)C(=O)C(N)Cc2ccc(F)cc2)ccc1O. The smallest absolute Gasteiger partial charge is 0.240 e. The number of hydrogen-bond acceptors (Lipinski definition) is 5. The third-order valence-corrected chi connectivity index (χ3v) is 5.12. The molecule has 2 aromatic rings. The molecule has 0 aliphatic rings. The fraction of sp³-hybridized carbons (Fsp3) is 0.375. The van der Waals surface area contributed by atoms with Crippen LogP contribution in [0.15, 0.2) is 42.5 Å². The van der Waals surface area contributed by atoms with Gasteiger partial charge in [0.1, 0.15) is 17.9 Å². The molecule has 172 valence electrons. The van der Waals surface area contributed by atoms with Gasteiger partial charge in [0.05, 0.1) is 18.6 Å². The number of likely N-dealkylation sites (N-methyl/N-ethyl adjacent to an activating group) is 1. The maximum atomic E-state index is 13.0. The van der Waals surface area contributed by atoms with E-state index in [1.54, 1.807) is 24.3 Å². The lowest BCUT2D eigenvalue weighted by Gasteiger charge is -2.22. The lowest BCUT2D eigenvalue weighted by molar-refractivity contribution is -0.136. The minimum atomic E-state index is -0.883. The number of nitrogens with two attached hydrogens (primary N) is 1. The van der Waals surface area contributed by atoms with Crippen LogP contribution in [0.1, 0.15) is 36.5 Å². The number of hydrogen-bond donors (Lipinski definition) is 3. The Labute approximate surface area is 187 Å². The van der Waals surface area contributed by atoms with Gasteiger partial charge in [-0.1, -0.05) is 38.1 Å². The van der Waals surface area contributed by atoms with Crippen molar-refractivity contribution in [1.82, 2.24) is 10.2 Å². The molecule has 0 saturated heterocycles. The summed E-state index contributed by atoms with van der Waals surface area (Å²) in [6, 6.07) is 9.12. The van der Waals surface area contributed by atoms with Crippen molar-refractivity contribution in [2.45, 2.75) is 44.7 Å². The van der Waals surface area contributed by atoms with E-state index in [-0.39, 0.29) is 36.9 Å². The van der Waals surface area contributed by atoms with Crippen LogP contribution in [-0.4, -0.2) is 53.8 Å². The van der Waals surface area contributed by atoms with Crippen molar-refractivity contribution < 1.29 is 23.9 Å². The number of nitrogens with zero attached hydrogens (tertiary/aromatic N) is 1. The summed E-state index contributed by atoms with van der Waals surface area (Å²) in [5, 5.41) is 12.6. The summed E-state index contributed by atoms with van der Waals surface area (Å²) in [5.74, 6) is -1.01. The third kappa shape index (κ3) is 7.16. The Morgan fingerprint density at radius 3 is 2.34 bits per heavy atom. The number of phenolic OH excluding ortho intramolecular Hbond substituents is 1. The van der Waals surface area contributed by atoms with E-state index in [0.29, 0.717) is 11.8 Å². The number of aromatic hydroxyl groups is 1. The summed E-state index contributed by atoms with van der Waals surface area (Å²) in [7, 11) is 1.46. The highest BCUT2D eigenvalue weighted by Gasteiger charge is 2.22. The molecular formula is C24H30FN3O4. The number of benzene rings is 2. The number of nitrogens with one attached hydrogen (secondary N) is 1. The Kier molecular flexibility index (Phi) is 8.90. The minimum Gasteiger partial charge on any atom is -0.508 e. The molecule has 2 rings (SSSR count). The number of carbonyl (C=O) groups excluding carboxylic acids is 3. The Hall–Kier alpha value is -3.26. The first-order valence-corrected chi connectivity index (χ1v) is 10.4. The van der Waals surface area contributed by atoms with E-state index in [9.17, 15) is 23.9 Å². The van der Waals surface area contributed by atoms with Gasteiger partial charge in [-0.15, -0.1) is 0 Å². The van der Waals surface area contributed by atoms with Gasteiger partial charge in [0.25, 0.3) is 0 Å². The normalized spacial score (nSPS) is 12.8. The largest absolute Gasteiger partial charge is 0.508 e. The molecule has 2 amide bonds. The molecule has 0 aliphatic heterocycles. The molecule has 0 aromatic heterocycles. The van der Waals surface area contributed by atoms with Crippen LogP contribution in [0, 0.1) is 5.82 Å². The molecule has 7 nitrogen and oxygen atoms in total. The van der Waals surface area contributed by atoms with Crippen molar-refractivity contribution in [2.75, 3.05) is 13.6 Å². The van der Waals surface area contributed by atoms with Gasteiger partial charge in [-0.05, 0) is 53.6 Å². The van der Waals surface area contributed by atoms with Crippen LogP contribution in [0.25, 0.3) is 0 Å². The highest BCUT2D eigenvalue weighted by molar-refractivity contribution is 5.88. The summed E-state index contributed by atoms with van der Waals surface area (Å²) in [4.78, 5) is 37.6. The predicted octanol–water partition coefficient (Wildman–Crippen LogP) is 1.91. The van der Waals surface area contributed by atoms with Gasteiger partial charge in [0, 0.05) is 7.05 Å². The molecule has 2 aromatic carbocycles. The fourth-order valence-electron chi connectivity index (χ4n) is 3.37. The van der Waals surface area contributed by atoms with E-state index in [1.165, 1.54) is 24.1 Å². The monoisotopic (exact) mass is 443 g/mol. The maximum absolute atomic E-state index is 13.0. The number of phenols is 1. The molecule has 4 N–H and O–H groups in total. The van der Waals surface area contributed by atoms with Gasteiger partial charge in [-0.2, -0.15) is 0 Å². The molecule has 0 fully saturated rings. The summed E-state index contributed by atoms with van der Waals surface area (Å²) in [5.41, 5.74) is 8.22. The molecule has 0 aliphatic carbocycles. The van der Waals surface area contributed by atoms with Crippen molar-refractivity contribution in [1.29, 1.82) is 0 Å². The lowest BCUT2D eigenvalue weighted by atomic mass is 9.97. The van der Waals surface area contributed by atoms with E-state index in [4.69, 9.17) is 5.73 Å². The molecule has 0 spiro atoms. The van der Waals surface area contributed by atoms with Crippen molar-refractivity contribution in [2.24, 2.45) is 5.73 Å². The second-order valence-corrected chi connectivity index (χ2v) is 8.19. The zero-order valence-corrected chi connectivity index (χ0v) is 18.5. The molecule has 0 radical (unpaired) electrons. The fourth-order valence-corrected chi connectivity index (χ4v) is 3.37. The second kappa shape index (κ2) is 11.4. The van der Waals surface area contributed by atoms with Crippen molar-refractivity contribution in [3.8, 4) is 5.75 Å². The van der Waals surface area contributed by atoms with E-state index in [2.05, 4.69) is 5.32 Å². The number of amides is 2. The topological polar surface area (TPSA) is 113 Å². The van der Waals surface area contributed by atoms with Crippen LogP contribution in [0.3, 0.4) is 0 Å². The second-order valence-electron chi connectivity index (χ2n) is 8.19. The first kappa shape index (κ1) is 25.0. The van der Waals surface area contributed by atoms with Crippen LogP contribution >= 0.6 is 0 Å². The number of carbonyl (C=O) groups is 3. The number of aldehydes is 1. The summed E-state index contributed by atoms with van der Waals surface area (Å²) < 4.78 is 13.0. The van der Waals surface area contributed by atoms with Gasteiger partial charge in [-0.25, -0.2) is 4.39 Å². The Balaban J connectivity index is 1.91. The highest BCUT2D eigenvalue weighted by atomic mass is 19.1. The van der Waals surface area contributed by atoms with Crippen LogP contribution < -0.4 is 11.1 Å². The molecule has 0 saturated carbocycles. The van der Waals surface area contributed by atoms with Gasteiger partial charge in [0.15, 0.2) is 0 Å². The molecule has 8 heteroatoms. The molecular weight excluding hydrogens is 413 g/mol. The molecule has 32 heavy (non-hydrogen) atoms. The van der Waals surface area contributed by atoms with Gasteiger partial charge in [0.2, 0.25) is 11.8 Å². The summed E-state index contributed by atoms with van der Waals surface area (Å²) >= 11 is 0. The lowest BCUT2D eigenvalue weighted by Crippen LogP contribution is -2.48. The highest BCUT2D eigenvalue weighted by Crippen LogP contribution is 2.26. The molecule has 2 unspecified atom stereocenters. The predicted molar refractivity (Wildman–Crippen MR) is 120 cm³/mol. The Bertz CT molecular complexity index is 947. The average molecular weight is 444 g/mol. The number of rotatable bonds is 10. The van der Waals surface area contributed by atoms with Crippen molar-refractivity contribution in [3.05, 3.63) is 65.0 Å². The van der Waals surface area contributed by atoms with E-state index < -0.39 is 23.9 Å². The molecule has 0 heterocycles. The minimum absolute atomic E-state index is 0.109. The summed E-state index contributed by atoms with van der Waals surface area (Å²) in [6.45, 7) is 3.64. The van der Waals surface area contributed by atoms with Crippen LogP contribution in [0.2, 0.25) is 0 Å². The first-order valence-electron chi connectivity index (χ1n) is 10.4. The molecule has 2 atom stereocenters. The van der Waals surface area contributed by atoms with Gasteiger partial charge in [-0.3, -0.25) is 9.59 Å². The van der Waals surface area contributed by atoms with Crippen molar-refractivity contribution in [3.63, 3.8) is 0 Å². The molecule has 0 bridgehead atoms. The zero-order valence-electron chi connectivity index (χ0n) is 18.5. The van der Waals surface area contributed by atoms with Crippen molar-refractivity contribution >= 4 is 18.1 Å². The zero-order chi connectivity index (χ0) is 23.8. The quantitative estimate of drug-likeness (QED) is 0.486. The van der Waals surface area contributed by atoms with Gasteiger partial charge < -0.3 is 25.9 Å². The van der Waals surface area contributed by atoms with Crippen LogP contribution in [0.4, 0.5) is 4.39 Å². The van der Waals surface area contributed by atoms with Crippen LogP contribution in [0.5, 0.6) is 5.75 Å². The van der Waals surface area contributed by atoms with E-state index in [0.717, 1.165) is 11.1 Å². The standard InChI is InChI=1S/C24H30FN3O4/c1-15(2)20-11-17(6-9-22(20)30)10-19(14-29)27-23(31)13-28(3)24(32)21(26)12-16-4-7-18(25)8-5-16/h4-9,11,14-15,19,21,30H,10,12-13,26H2,1-3H3,(H,27,31). The summed E-state index contributed by atoms with van der Waals surface area (Å²) in [6.07, 6.45) is 1.11. The first-order chi connectivity index (χ1) is 15.1.